The number of para-hydroxylation sites is 2. The molecule has 0 fully saturated rings. The van der Waals surface area contributed by atoms with Crippen LogP contribution in [0.3, 0.4) is 0 Å². The number of aromatic nitrogens is 3. The van der Waals surface area contributed by atoms with Crippen LogP contribution in [0.15, 0.2) is 83.9 Å². The number of nitrogens with one attached hydrogen (secondary N) is 1. The van der Waals surface area contributed by atoms with E-state index in [-0.39, 0.29) is 5.43 Å². The van der Waals surface area contributed by atoms with Crippen LogP contribution in [0.2, 0.25) is 0 Å². The molecule has 0 amide bonds. The van der Waals surface area contributed by atoms with Crippen LogP contribution in [0.4, 0.5) is 0 Å². The van der Waals surface area contributed by atoms with E-state index in [0.29, 0.717) is 11.1 Å². The van der Waals surface area contributed by atoms with E-state index >= 15 is 0 Å². The molecule has 23 heavy (non-hydrogen) atoms. The topological polar surface area (TPSA) is 49.6 Å². The summed E-state index contributed by atoms with van der Waals surface area (Å²) in [5.41, 5.74) is 3.03. The van der Waals surface area contributed by atoms with Gasteiger partial charge < -0.3 is 0 Å². The van der Waals surface area contributed by atoms with Crippen molar-refractivity contribution in [2.24, 2.45) is 0 Å². The van der Waals surface area contributed by atoms with E-state index in [2.05, 4.69) is 10.1 Å². The van der Waals surface area contributed by atoms with Crippen molar-refractivity contribution in [3.63, 3.8) is 0 Å². The normalized spacial score (nSPS) is 10.8. The largest absolute Gasteiger partial charge is 0.292 e. The highest BCUT2D eigenvalue weighted by atomic mass is 16.1. The second kappa shape index (κ2) is 5.50. The summed E-state index contributed by atoms with van der Waals surface area (Å²) in [6.07, 6.45) is 3.41. The number of H-pyrrole nitrogens is 1. The number of benzene rings is 2. The van der Waals surface area contributed by atoms with Gasteiger partial charge in [0.05, 0.1) is 10.9 Å². The Morgan fingerprint density at radius 1 is 0.870 bits per heavy atom. The van der Waals surface area contributed by atoms with Crippen LogP contribution in [0.25, 0.3) is 27.8 Å². The van der Waals surface area contributed by atoms with Crippen molar-refractivity contribution in [3.8, 4) is 16.9 Å². The van der Waals surface area contributed by atoms with E-state index in [4.69, 9.17) is 0 Å². The van der Waals surface area contributed by atoms with Crippen LogP contribution >= 0.6 is 0 Å². The summed E-state index contributed by atoms with van der Waals surface area (Å²) in [7, 11) is 0. The van der Waals surface area contributed by atoms with E-state index in [9.17, 15) is 4.79 Å². The lowest BCUT2D eigenvalue weighted by atomic mass is 10.1. The van der Waals surface area contributed by atoms with Gasteiger partial charge in [-0.15, -0.1) is 0 Å². The molecule has 4 aromatic rings. The van der Waals surface area contributed by atoms with Gasteiger partial charge in [-0.25, -0.2) is 0 Å². The fourth-order valence-electron chi connectivity index (χ4n) is 2.72. The first-order valence-corrected chi connectivity index (χ1v) is 7.37. The van der Waals surface area contributed by atoms with E-state index < -0.39 is 0 Å². The summed E-state index contributed by atoms with van der Waals surface area (Å²) < 4.78 is 1.82. The SMILES string of the molecule is O=c1c(-c2cccnc2)[n+](-c2ccccc2)[nH]c2ccccc12. The zero-order valence-corrected chi connectivity index (χ0v) is 12.3. The molecule has 0 unspecified atom stereocenters. The Morgan fingerprint density at radius 3 is 2.43 bits per heavy atom. The number of rotatable bonds is 2. The molecular weight excluding hydrogens is 286 g/mol. The third-order valence-corrected chi connectivity index (χ3v) is 3.79. The molecule has 0 aliphatic rings. The van der Waals surface area contributed by atoms with Gasteiger partial charge in [-0.1, -0.05) is 35.0 Å². The molecule has 4 rings (SSSR count). The molecule has 2 aromatic carbocycles. The maximum Gasteiger partial charge on any atom is 0.292 e. The van der Waals surface area contributed by atoms with Gasteiger partial charge in [0.1, 0.15) is 5.52 Å². The summed E-state index contributed by atoms with van der Waals surface area (Å²) in [5, 5.41) is 4.01. The fourth-order valence-corrected chi connectivity index (χ4v) is 2.72. The number of fused-ring (bicyclic) bond motifs is 1. The summed E-state index contributed by atoms with van der Waals surface area (Å²) in [6, 6.07) is 21.0. The Bertz CT molecular complexity index is 1020. The van der Waals surface area contributed by atoms with Gasteiger partial charge in [0.15, 0.2) is 0 Å². The molecule has 0 saturated heterocycles. The first kappa shape index (κ1) is 13.4. The van der Waals surface area contributed by atoms with Crippen molar-refractivity contribution in [2.45, 2.75) is 0 Å². The van der Waals surface area contributed by atoms with Gasteiger partial charge in [0.25, 0.3) is 11.1 Å². The van der Waals surface area contributed by atoms with Gasteiger partial charge in [0.2, 0.25) is 5.69 Å². The van der Waals surface area contributed by atoms with Crippen molar-refractivity contribution < 1.29 is 4.68 Å². The number of pyridine rings is 1. The Labute approximate surface area is 132 Å². The quantitative estimate of drug-likeness (QED) is 0.579. The van der Waals surface area contributed by atoms with Crippen molar-refractivity contribution in [3.05, 3.63) is 89.3 Å². The highest BCUT2D eigenvalue weighted by molar-refractivity contribution is 5.80. The molecule has 4 heteroatoms. The van der Waals surface area contributed by atoms with E-state index in [1.807, 2.05) is 71.4 Å². The first-order chi connectivity index (χ1) is 11.3. The zero-order valence-electron chi connectivity index (χ0n) is 12.3. The highest BCUT2D eigenvalue weighted by Crippen LogP contribution is 2.15. The lowest BCUT2D eigenvalue weighted by Gasteiger charge is -2.04. The maximum absolute atomic E-state index is 13.1. The molecule has 1 N–H and O–H groups in total. The van der Waals surface area contributed by atoms with Crippen molar-refractivity contribution in [1.29, 1.82) is 0 Å². The molecule has 0 aliphatic carbocycles. The number of aromatic amines is 1. The molecule has 4 nitrogen and oxygen atoms in total. The average molecular weight is 300 g/mol. The van der Waals surface area contributed by atoms with Gasteiger partial charge in [0, 0.05) is 24.5 Å². The van der Waals surface area contributed by atoms with Gasteiger partial charge in [-0.05, 0) is 24.3 Å². The Morgan fingerprint density at radius 2 is 1.65 bits per heavy atom. The number of hydrogen-bond acceptors (Lipinski definition) is 2. The molecule has 0 radical (unpaired) electrons. The highest BCUT2D eigenvalue weighted by Gasteiger charge is 2.23. The van der Waals surface area contributed by atoms with Crippen LogP contribution in [0.5, 0.6) is 0 Å². The third kappa shape index (κ3) is 2.30. The summed E-state index contributed by atoms with van der Waals surface area (Å²) >= 11 is 0. The Hall–Kier alpha value is -3.27. The molecule has 2 heterocycles. The maximum atomic E-state index is 13.1. The van der Waals surface area contributed by atoms with Crippen molar-refractivity contribution in [1.82, 2.24) is 10.1 Å². The van der Waals surface area contributed by atoms with Gasteiger partial charge in [-0.2, -0.15) is 5.10 Å². The van der Waals surface area contributed by atoms with E-state index in [1.165, 1.54) is 0 Å². The molecule has 0 atom stereocenters. The Kier molecular flexibility index (Phi) is 3.20. The van der Waals surface area contributed by atoms with Crippen LogP contribution in [0.1, 0.15) is 0 Å². The van der Waals surface area contributed by atoms with Gasteiger partial charge in [-0.3, -0.25) is 9.78 Å². The smallest absolute Gasteiger partial charge is 0.282 e. The van der Waals surface area contributed by atoms with Crippen molar-refractivity contribution in [2.75, 3.05) is 0 Å². The molecular formula is C19H14N3O+. The number of nitrogens with zero attached hydrogens (tertiary/aromatic N) is 2. The predicted octanol–water partition coefficient (Wildman–Crippen LogP) is 2.87. The average Bonchev–Trinajstić information content (AvgIpc) is 2.63. The number of hydrogen-bond donors (Lipinski definition) is 1. The molecule has 0 spiro atoms. The van der Waals surface area contributed by atoms with Crippen LogP contribution in [0, 0.1) is 0 Å². The van der Waals surface area contributed by atoms with Gasteiger partial charge >= 0.3 is 0 Å². The van der Waals surface area contributed by atoms with Crippen molar-refractivity contribution >= 4 is 10.9 Å². The fraction of sp³-hybridized carbons (Fsp3) is 0. The summed E-state index contributed by atoms with van der Waals surface area (Å²) in [4.78, 5) is 17.2. The molecule has 110 valence electrons. The van der Waals surface area contributed by atoms with E-state index in [0.717, 1.165) is 16.8 Å². The monoisotopic (exact) mass is 300 g/mol. The second-order valence-electron chi connectivity index (χ2n) is 5.25. The van der Waals surface area contributed by atoms with Crippen LogP contribution in [-0.4, -0.2) is 10.1 Å². The summed E-state index contributed by atoms with van der Waals surface area (Å²) in [6.45, 7) is 0. The van der Waals surface area contributed by atoms with Crippen LogP contribution in [-0.2, 0) is 0 Å². The standard InChI is InChI=1S/C19H13N3O/c23-19-16-10-4-5-11-17(16)21-22(15-8-2-1-3-9-15)18(19)14-7-6-12-20-13-14/h1-13H/p+1. The first-order valence-electron chi connectivity index (χ1n) is 7.37. The molecule has 2 aromatic heterocycles. The minimum Gasteiger partial charge on any atom is -0.282 e. The second-order valence-corrected chi connectivity index (χ2v) is 5.25. The molecule has 0 bridgehead atoms. The molecule has 0 aliphatic heterocycles. The lowest BCUT2D eigenvalue weighted by molar-refractivity contribution is -0.646. The van der Waals surface area contributed by atoms with Crippen LogP contribution < -0.4 is 10.1 Å². The minimum atomic E-state index is -0.0174. The zero-order chi connectivity index (χ0) is 15.6. The summed E-state index contributed by atoms with van der Waals surface area (Å²) in [5.74, 6) is 0. The molecule has 0 saturated carbocycles. The minimum absolute atomic E-state index is 0.0174. The Balaban J connectivity index is 2.14. The van der Waals surface area contributed by atoms with E-state index in [1.54, 1.807) is 12.4 Å². The third-order valence-electron chi connectivity index (χ3n) is 3.79. The lowest BCUT2D eigenvalue weighted by Crippen LogP contribution is -2.42. The predicted molar refractivity (Wildman–Crippen MR) is 89.3 cm³/mol.